The highest BCUT2D eigenvalue weighted by Gasteiger charge is 2.20. The number of methoxy groups -OCH3 is 1. The predicted molar refractivity (Wildman–Crippen MR) is 109 cm³/mol. The highest BCUT2D eigenvalue weighted by atomic mass is 16.5. The molecule has 0 aliphatic rings. The fourth-order valence-corrected chi connectivity index (χ4v) is 3.37. The van der Waals surface area contributed by atoms with Gasteiger partial charge in [0.25, 0.3) is 5.91 Å². The van der Waals surface area contributed by atoms with Crippen LogP contribution in [-0.2, 0) is 0 Å². The summed E-state index contributed by atoms with van der Waals surface area (Å²) < 4.78 is 5.29. The monoisotopic (exact) mass is 359 g/mol. The number of rotatable bonds is 5. The van der Waals surface area contributed by atoms with E-state index in [2.05, 4.69) is 37.4 Å². The molecule has 1 amide bonds. The molecular formula is C24H25NO2. The largest absolute Gasteiger partial charge is 0.496 e. The average Bonchev–Trinajstić information content (AvgIpc) is 2.67. The van der Waals surface area contributed by atoms with Crippen molar-refractivity contribution in [1.82, 2.24) is 5.32 Å². The summed E-state index contributed by atoms with van der Waals surface area (Å²) in [5.41, 5.74) is 6.09. The average molecular weight is 359 g/mol. The minimum absolute atomic E-state index is 0.102. The SMILES string of the molecule is COc1ccc(C(=O)N[C@@H](c2ccccc2)c2ccc(C)cc2C)cc1C. The number of aryl methyl sites for hydroxylation is 3. The number of carbonyl (C=O) groups excluding carboxylic acids is 1. The molecule has 0 heterocycles. The first-order valence-electron chi connectivity index (χ1n) is 9.07. The Bertz CT molecular complexity index is 948. The van der Waals surface area contributed by atoms with E-state index in [1.807, 2.05) is 49.4 Å². The molecule has 0 saturated carbocycles. The number of nitrogens with one attached hydrogen (secondary N) is 1. The van der Waals surface area contributed by atoms with Crippen LogP contribution in [0.2, 0.25) is 0 Å². The number of hydrogen-bond acceptors (Lipinski definition) is 2. The minimum atomic E-state index is -0.207. The standard InChI is InChI=1S/C24H25NO2/c1-16-10-12-21(17(2)14-16)23(19-8-6-5-7-9-19)25-24(26)20-11-13-22(27-4)18(3)15-20/h5-15,23H,1-4H3,(H,25,26)/t23-/m0/s1. The number of amides is 1. The zero-order chi connectivity index (χ0) is 19.4. The van der Waals surface area contributed by atoms with E-state index in [1.54, 1.807) is 13.2 Å². The summed E-state index contributed by atoms with van der Waals surface area (Å²) >= 11 is 0. The van der Waals surface area contributed by atoms with Crippen LogP contribution >= 0.6 is 0 Å². The van der Waals surface area contributed by atoms with Crippen molar-refractivity contribution in [2.24, 2.45) is 0 Å². The van der Waals surface area contributed by atoms with Crippen molar-refractivity contribution in [2.45, 2.75) is 26.8 Å². The van der Waals surface area contributed by atoms with E-state index < -0.39 is 0 Å². The summed E-state index contributed by atoms with van der Waals surface area (Å²) in [5.74, 6) is 0.676. The van der Waals surface area contributed by atoms with Gasteiger partial charge in [-0.25, -0.2) is 0 Å². The highest BCUT2D eigenvalue weighted by Crippen LogP contribution is 2.27. The van der Waals surface area contributed by atoms with Gasteiger partial charge >= 0.3 is 0 Å². The maximum atomic E-state index is 13.0. The molecule has 0 bridgehead atoms. The summed E-state index contributed by atoms with van der Waals surface area (Å²) in [5, 5.41) is 3.21. The third-order valence-corrected chi connectivity index (χ3v) is 4.80. The zero-order valence-electron chi connectivity index (χ0n) is 16.2. The lowest BCUT2D eigenvalue weighted by Gasteiger charge is -2.22. The Labute approximate surface area is 161 Å². The molecule has 0 radical (unpaired) electrons. The second kappa shape index (κ2) is 8.09. The third-order valence-electron chi connectivity index (χ3n) is 4.80. The van der Waals surface area contributed by atoms with Crippen LogP contribution < -0.4 is 10.1 Å². The van der Waals surface area contributed by atoms with Gasteiger partial charge in [0.1, 0.15) is 5.75 Å². The van der Waals surface area contributed by atoms with Crippen molar-refractivity contribution >= 4 is 5.91 Å². The lowest BCUT2D eigenvalue weighted by Crippen LogP contribution is -2.30. The van der Waals surface area contributed by atoms with Crippen LogP contribution in [0.1, 0.15) is 44.2 Å². The Morgan fingerprint density at radius 2 is 1.63 bits per heavy atom. The molecule has 3 rings (SSSR count). The second-order valence-corrected chi connectivity index (χ2v) is 6.86. The Morgan fingerprint density at radius 3 is 2.26 bits per heavy atom. The number of ether oxygens (including phenoxy) is 1. The van der Waals surface area contributed by atoms with Crippen molar-refractivity contribution in [2.75, 3.05) is 7.11 Å². The van der Waals surface area contributed by atoms with Gasteiger partial charge in [0.15, 0.2) is 0 Å². The molecule has 1 atom stereocenters. The lowest BCUT2D eigenvalue weighted by atomic mass is 9.93. The summed E-state index contributed by atoms with van der Waals surface area (Å²) in [6.07, 6.45) is 0. The van der Waals surface area contributed by atoms with Gasteiger partial charge in [0.2, 0.25) is 0 Å². The maximum Gasteiger partial charge on any atom is 0.252 e. The Kier molecular flexibility index (Phi) is 5.60. The Morgan fingerprint density at radius 1 is 0.889 bits per heavy atom. The van der Waals surface area contributed by atoms with E-state index in [0.29, 0.717) is 5.56 Å². The molecule has 27 heavy (non-hydrogen) atoms. The Hall–Kier alpha value is -3.07. The lowest BCUT2D eigenvalue weighted by molar-refractivity contribution is 0.0943. The van der Waals surface area contributed by atoms with E-state index in [-0.39, 0.29) is 11.9 Å². The molecule has 0 fully saturated rings. The first-order valence-corrected chi connectivity index (χ1v) is 9.07. The molecule has 0 saturated heterocycles. The summed E-state index contributed by atoms with van der Waals surface area (Å²) in [7, 11) is 1.63. The van der Waals surface area contributed by atoms with Crippen molar-refractivity contribution < 1.29 is 9.53 Å². The van der Waals surface area contributed by atoms with Gasteiger partial charge in [0, 0.05) is 5.56 Å². The number of benzene rings is 3. The van der Waals surface area contributed by atoms with Crippen LogP contribution in [0.3, 0.4) is 0 Å². The molecule has 3 heteroatoms. The molecule has 0 unspecified atom stereocenters. The molecule has 3 nitrogen and oxygen atoms in total. The summed E-state index contributed by atoms with van der Waals surface area (Å²) in [6, 6.07) is 21.7. The molecule has 0 aromatic heterocycles. The van der Waals surface area contributed by atoms with E-state index in [4.69, 9.17) is 4.74 Å². The van der Waals surface area contributed by atoms with E-state index in [1.165, 1.54) is 5.56 Å². The van der Waals surface area contributed by atoms with Gasteiger partial charge in [-0.05, 0) is 61.2 Å². The van der Waals surface area contributed by atoms with Gasteiger partial charge in [-0.2, -0.15) is 0 Å². The van der Waals surface area contributed by atoms with Gasteiger partial charge < -0.3 is 10.1 Å². The highest BCUT2D eigenvalue weighted by molar-refractivity contribution is 5.95. The first kappa shape index (κ1) is 18.7. The molecule has 138 valence electrons. The van der Waals surface area contributed by atoms with Crippen molar-refractivity contribution in [3.05, 3.63) is 100 Å². The van der Waals surface area contributed by atoms with Gasteiger partial charge in [-0.3, -0.25) is 4.79 Å². The van der Waals surface area contributed by atoms with Crippen molar-refractivity contribution in [1.29, 1.82) is 0 Å². The van der Waals surface area contributed by atoms with E-state index >= 15 is 0 Å². The summed E-state index contributed by atoms with van der Waals surface area (Å²) in [4.78, 5) is 13.0. The molecule has 0 aliphatic carbocycles. The maximum absolute atomic E-state index is 13.0. The zero-order valence-corrected chi connectivity index (χ0v) is 16.2. The quantitative estimate of drug-likeness (QED) is 0.685. The third kappa shape index (κ3) is 4.20. The molecule has 0 aliphatic heterocycles. The van der Waals surface area contributed by atoms with Gasteiger partial charge in [-0.15, -0.1) is 0 Å². The van der Waals surface area contributed by atoms with Crippen LogP contribution in [0.15, 0.2) is 66.7 Å². The molecule has 0 spiro atoms. The van der Waals surface area contributed by atoms with E-state index in [9.17, 15) is 4.79 Å². The Balaban J connectivity index is 1.96. The fourth-order valence-electron chi connectivity index (χ4n) is 3.37. The van der Waals surface area contributed by atoms with Crippen molar-refractivity contribution in [3.63, 3.8) is 0 Å². The van der Waals surface area contributed by atoms with Gasteiger partial charge in [0.05, 0.1) is 13.2 Å². The molecule has 3 aromatic carbocycles. The number of hydrogen-bond donors (Lipinski definition) is 1. The van der Waals surface area contributed by atoms with Crippen molar-refractivity contribution in [3.8, 4) is 5.75 Å². The van der Waals surface area contributed by atoms with Crippen LogP contribution in [0.25, 0.3) is 0 Å². The van der Waals surface area contributed by atoms with E-state index in [0.717, 1.165) is 28.0 Å². The topological polar surface area (TPSA) is 38.3 Å². The van der Waals surface area contributed by atoms with Crippen LogP contribution in [0, 0.1) is 20.8 Å². The van der Waals surface area contributed by atoms with Gasteiger partial charge in [-0.1, -0.05) is 54.1 Å². The minimum Gasteiger partial charge on any atom is -0.496 e. The second-order valence-electron chi connectivity index (χ2n) is 6.86. The molecular weight excluding hydrogens is 334 g/mol. The molecule has 1 N–H and O–H groups in total. The summed E-state index contributed by atoms with van der Waals surface area (Å²) in [6.45, 7) is 6.10. The predicted octanol–water partition coefficient (Wildman–Crippen LogP) is 5.14. The molecule has 3 aromatic rings. The first-order chi connectivity index (χ1) is 13.0. The normalized spacial score (nSPS) is 11.7. The van der Waals surface area contributed by atoms with Crippen LogP contribution in [-0.4, -0.2) is 13.0 Å². The number of carbonyl (C=O) groups is 1. The van der Waals surface area contributed by atoms with Crippen LogP contribution in [0.5, 0.6) is 5.75 Å². The van der Waals surface area contributed by atoms with Crippen LogP contribution in [0.4, 0.5) is 0 Å². The fraction of sp³-hybridized carbons (Fsp3) is 0.208. The smallest absolute Gasteiger partial charge is 0.252 e.